The summed E-state index contributed by atoms with van der Waals surface area (Å²) in [5.74, 6) is -0.533. The summed E-state index contributed by atoms with van der Waals surface area (Å²) in [6, 6.07) is 11.8. The van der Waals surface area contributed by atoms with Gasteiger partial charge in [-0.05, 0) is 47.7 Å². The number of rotatable bonds is 5. The van der Waals surface area contributed by atoms with Gasteiger partial charge < -0.3 is 5.32 Å². The number of benzene rings is 2. The van der Waals surface area contributed by atoms with Gasteiger partial charge in [-0.1, -0.05) is 41.6 Å². The predicted octanol–water partition coefficient (Wildman–Crippen LogP) is 4.45. The minimum atomic E-state index is -4.54. The smallest absolute Gasteiger partial charge is 0.324 e. The highest BCUT2D eigenvalue weighted by Gasteiger charge is 2.31. The molecule has 0 aliphatic rings. The first-order valence-electron chi connectivity index (χ1n) is 7.94. The Morgan fingerprint density at radius 1 is 1.21 bits per heavy atom. The second-order valence-electron chi connectivity index (χ2n) is 5.65. The van der Waals surface area contributed by atoms with Crippen molar-refractivity contribution >= 4 is 35.0 Å². The van der Waals surface area contributed by atoms with Gasteiger partial charge in [-0.3, -0.25) is 4.79 Å². The van der Waals surface area contributed by atoms with Gasteiger partial charge in [0.2, 0.25) is 11.1 Å². The van der Waals surface area contributed by atoms with Gasteiger partial charge in [0.25, 0.3) is 0 Å². The first-order valence-corrected chi connectivity index (χ1v) is 9.19. The minimum absolute atomic E-state index is 0.00710. The van der Waals surface area contributed by atoms with E-state index in [1.54, 1.807) is 19.1 Å². The molecule has 3 aromatic rings. The van der Waals surface area contributed by atoms with Crippen LogP contribution in [0, 0.1) is 0 Å². The number of amides is 1. The normalized spacial score (nSPS) is 12.6. The SMILES string of the molecule is CC(Sc1nnnn1-c1ccccc1)C(=O)Nc1cc(C(F)(F)F)ccc1Cl. The van der Waals surface area contributed by atoms with Gasteiger partial charge >= 0.3 is 6.18 Å². The minimum Gasteiger partial charge on any atom is -0.324 e. The molecule has 0 fully saturated rings. The fourth-order valence-corrected chi connectivity index (χ4v) is 3.20. The number of aromatic nitrogens is 4. The highest BCUT2D eigenvalue weighted by molar-refractivity contribution is 8.00. The molecule has 1 atom stereocenters. The summed E-state index contributed by atoms with van der Waals surface area (Å²) in [6.45, 7) is 1.59. The van der Waals surface area contributed by atoms with Crippen LogP contribution < -0.4 is 5.32 Å². The summed E-state index contributed by atoms with van der Waals surface area (Å²) >= 11 is 6.98. The third-order valence-electron chi connectivity index (χ3n) is 3.64. The molecule has 1 N–H and O–H groups in total. The lowest BCUT2D eigenvalue weighted by molar-refractivity contribution is -0.137. The van der Waals surface area contributed by atoms with Crippen molar-refractivity contribution in [2.75, 3.05) is 5.32 Å². The number of thioether (sulfide) groups is 1. The Morgan fingerprint density at radius 3 is 2.61 bits per heavy atom. The van der Waals surface area contributed by atoms with E-state index < -0.39 is 22.9 Å². The van der Waals surface area contributed by atoms with Crippen molar-refractivity contribution in [3.05, 3.63) is 59.1 Å². The van der Waals surface area contributed by atoms with E-state index in [1.165, 1.54) is 4.68 Å². The Balaban J connectivity index is 1.74. The van der Waals surface area contributed by atoms with Crippen LogP contribution in [0.2, 0.25) is 5.02 Å². The summed E-state index contributed by atoms with van der Waals surface area (Å²) < 4.78 is 40.1. The first kappa shape index (κ1) is 20.2. The molecule has 1 heterocycles. The van der Waals surface area contributed by atoms with Crippen molar-refractivity contribution in [2.24, 2.45) is 0 Å². The second-order valence-corrected chi connectivity index (χ2v) is 7.37. The van der Waals surface area contributed by atoms with Crippen molar-refractivity contribution in [3.63, 3.8) is 0 Å². The average molecular weight is 428 g/mol. The number of halogens is 4. The molecule has 0 saturated carbocycles. The van der Waals surface area contributed by atoms with Crippen LogP contribution in [0.1, 0.15) is 12.5 Å². The molecule has 0 saturated heterocycles. The Labute approximate surface area is 167 Å². The molecule has 6 nitrogen and oxygen atoms in total. The molecule has 0 aliphatic heterocycles. The molecule has 1 unspecified atom stereocenters. The molecule has 3 rings (SSSR count). The van der Waals surface area contributed by atoms with E-state index in [1.807, 2.05) is 18.2 Å². The number of carbonyl (C=O) groups excluding carboxylic acids is 1. The summed E-state index contributed by atoms with van der Waals surface area (Å²) in [5, 5.41) is 13.5. The van der Waals surface area contributed by atoms with Crippen LogP contribution in [0.15, 0.2) is 53.7 Å². The molecular weight excluding hydrogens is 415 g/mol. The largest absolute Gasteiger partial charge is 0.416 e. The zero-order chi connectivity index (χ0) is 20.3. The van der Waals surface area contributed by atoms with Crippen molar-refractivity contribution < 1.29 is 18.0 Å². The Bertz CT molecular complexity index is 980. The Morgan fingerprint density at radius 2 is 1.93 bits per heavy atom. The molecule has 0 radical (unpaired) electrons. The number of hydrogen-bond donors (Lipinski definition) is 1. The predicted molar refractivity (Wildman–Crippen MR) is 99.6 cm³/mol. The zero-order valence-electron chi connectivity index (χ0n) is 14.3. The summed E-state index contributed by atoms with van der Waals surface area (Å²) in [6.07, 6.45) is -4.54. The number of hydrogen-bond acceptors (Lipinski definition) is 5. The molecule has 146 valence electrons. The van der Waals surface area contributed by atoms with Crippen molar-refractivity contribution in [3.8, 4) is 5.69 Å². The fourth-order valence-electron chi connectivity index (χ4n) is 2.23. The summed E-state index contributed by atoms with van der Waals surface area (Å²) in [5.41, 5.74) is -0.305. The monoisotopic (exact) mass is 427 g/mol. The molecule has 1 amide bonds. The molecular formula is C17H13ClF3N5OS. The standard InChI is InChI=1S/C17H13ClF3N5OS/c1-10(28-16-23-24-25-26(16)12-5-3-2-4-6-12)15(27)22-14-9-11(17(19,20)21)7-8-13(14)18/h2-10H,1H3,(H,22,27). The van der Waals surface area contributed by atoms with Gasteiger partial charge in [0, 0.05) is 0 Å². The summed E-state index contributed by atoms with van der Waals surface area (Å²) in [7, 11) is 0. The third-order valence-corrected chi connectivity index (χ3v) is 5.01. The van der Waals surface area contributed by atoms with Crippen molar-refractivity contribution in [2.45, 2.75) is 23.5 Å². The first-order chi connectivity index (χ1) is 13.3. The molecule has 0 spiro atoms. The molecule has 1 aromatic heterocycles. The fraction of sp³-hybridized carbons (Fsp3) is 0.176. The third kappa shape index (κ3) is 4.63. The van der Waals surface area contributed by atoms with Gasteiger partial charge in [-0.25, -0.2) is 0 Å². The number of anilines is 1. The van der Waals surface area contributed by atoms with E-state index in [-0.39, 0.29) is 10.7 Å². The van der Waals surface area contributed by atoms with Crippen LogP contribution in [0.3, 0.4) is 0 Å². The highest BCUT2D eigenvalue weighted by atomic mass is 35.5. The van der Waals surface area contributed by atoms with Crippen LogP contribution in [0.5, 0.6) is 0 Å². The number of tetrazole rings is 1. The quantitative estimate of drug-likeness (QED) is 0.609. The lowest BCUT2D eigenvalue weighted by atomic mass is 10.2. The molecule has 11 heteroatoms. The van der Waals surface area contributed by atoms with Crippen LogP contribution in [-0.4, -0.2) is 31.4 Å². The maximum atomic E-state index is 12.9. The molecule has 0 aliphatic carbocycles. The number of carbonyl (C=O) groups is 1. The van der Waals surface area contributed by atoms with E-state index in [4.69, 9.17) is 11.6 Å². The van der Waals surface area contributed by atoms with E-state index in [0.29, 0.717) is 10.8 Å². The second kappa shape index (κ2) is 8.19. The Hall–Kier alpha value is -2.59. The maximum Gasteiger partial charge on any atom is 0.416 e. The number of nitrogens with zero attached hydrogens (tertiary/aromatic N) is 4. The summed E-state index contributed by atoms with van der Waals surface area (Å²) in [4.78, 5) is 12.4. The van der Waals surface area contributed by atoms with E-state index in [2.05, 4.69) is 20.8 Å². The number of para-hydroxylation sites is 1. The number of alkyl halides is 3. The van der Waals surface area contributed by atoms with Gasteiger partial charge in [0.15, 0.2) is 0 Å². The lowest BCUT2D eigenvalue weighted by Gasteiger charge is -2.14. The Kier molecular flexibility index (Phi) is 5.90. The van der Waals surface area contributed by atoms with Gasteiger partial charge in [0.05, 0.1) is 27.2 Å². The van der Waals surface area contributed by atoms with Gasteiger partial charge in [0.1, 0.15) is 0 Å². The van der Waals surface area contributed by atoms with Gasteiger partial charge in [-0.2, -0.15) is 17.9 Å². The maximum absolute atomic E-state index is 12.9. The average Bonchev–Trinajstić information content (AvgIpc) is 3.11. The lowest BCUT2D eigenvalue weighted by Crippen LogP contribution is -2.23. The van der Waals surface area contributed by atoms with Crippen molar-refractivity contribution in [1.82, 2.24) is 20.2 Å². The number of nitrogens with one attached hydrogen (secondary N) is 1. The van der Waals surface area contributed by atoms with Crippen LogP contribution in [-0.2, 0) is 11.0 Å². The van der Waals surface area contributed by atoms with Crippen LogP contribution in [0.4, 0.5) is 18.9 Å². The van der Waals surface area contributed by atoms with E-state index in [0.717, 1.165) is 30.0 Å². The molecule has 0 bridgehead atoms. The highest BCUT2D eigenvalue weighted by Crippen LogP contribution is 2.34. The topological polar surface area (TPSA) is 72.7 Å². The van der Waals surface area contributed by atoms with E-state index >= 15 is 0 Å². The zero-order valence-corrected chi connectivity index (χ0v) is 15.9. The van der Waals surface area contributed by atoms with Gasteiger partial charge in [-0.15, -0.1) is 5.10 Å². The van der Waals surface area contributed by atoms with Crippen molar-refractivity contribution in [1.29, 1.82) is 0 Å². The molecule has 2 aromatic carbocycles. The van der Waals surface area contributed by atoms with Crippen LogP contribution >= 0.6 is 23.4 Å². The van der Waals surface area contributed by atoms with Crippen LogP contribution in [0.25, 0.3) is 5.69 Å². The van der Waals surface area contributed by atoms with E-state index in [9.17, 15) is 18.0 Å². The molecule has 28 heavy (non-hydrogen) atoms.